The molecule has 1 aromatic rings. The van der Waals surface area contributed by atoms with Gasteiger partial charge in [-0.15, -0.1) is 0 Å². The Bertz CT molecular complexity index is 513. The molecule has 1 amide bonds. The number of aromatic hydroxyl groups is 1. The van der Waals surface area contributed by atoms with E-state index in [1.807, 2.05) is 0 Å². The molecule has 0 spiro atoms. The number of rotatable bonds is 5. The molecule has 0 radical (unpaired) electrons. The Hall–Kier alpha value is -1.56. The van der Waals surface area contributed by atoms with Crippen molar-refractivity contribution >= 4 is 27.8 Å². The van der Waals surface area contributed by atoms with E-state index in [4.69, 9.17) is 5.11 Å². The van der Waals surface area contributed by atoms with E-state index in [9.17, 15) is 14.7 Å². The quantitative estimate of drug-likeness (QED) is 0.869. The summed E-state index contributed by atoms with van der Waals surface area (Å²) in [6.07, 6.45) is 1.70. The van der Waals surface area contributed by atoms with Crippen LogP contribution in [-0.4, -0.2) is 39.6 Å². The maximum atomic E-state index is 12.3. The van der Waals surface area contributed by atoms with E-state index in [0.29, 0.717) is 4.47 Å². The fourth-order valence-electron chi connectivity index (χ4n) is 1.89. The highest BCUT2D eigenvalue weighted by Crippen LogP contribution is 2.31. The maximum absolute atomic E-state index is 12.3. The van der Waals surface area contributed by atoms with Gasteiger partial charge in [-0.05, 0) is 31.0 Å². The summed E-state index contributed by atoms with van der Waals surface area (Å²) in [5.41, 5.74) is 0.209. The van der Waals surface area contributed by atoms with Gasteiger partial charge in [0, 0.05) is 17.1 Å². The number of hydrogen-bond acceptors (Lipinski definition) is 3. The van der Waals surface area contributed by atoms with E-state index in [0.717, 1.165) is 12.8 Å². The molecular formula is C13H14BrNO4. The summed E-state index contributed by atoms with van der Waals surface area (Å²) in [6.45, 7) is 0.175. The SMILES string of the molecule is O=C(O)CCN(C(=O)c1ccc(Br)cc1O)C1CC1. The summed E-state index contributed by atoms with van der Waals surface area (Å²) in [4.78, 5) is 24.5. The normalized spacial score (nSPS) is 14.2. The molecule has 6 heteroatoms. The van der Waals surface area contributed by atoms with Crippen molar-refractivity contribution in [3.05, 3.63) is 28.2 Å². The Morgan fingerprint density at radius 1 is 1.37 bits per heavy atom. The molecule has 1 saturated carbocycles. The molecule has 1 aromatic carbocycles. The first kappa shape index (κ1) is 13.9. The van der Waals surface area contributed by atoms with Crippen LogP contribution < -0.4 is 0 Å². The number of amides is 1. The molecule has 19 heavy (non-hydrogen) atoms. The standard InChI is InChI=1S/C13H14BrNO4/c14-8-1-4-10(11(16)7-8)13(19)15(9-2-3-9)6-5-12(17)18/h1,4,7,9,16H,2-3,5-6H2,(H,17,18). The highest BCUT2D eigenvalue weighted by Gasteiger charge is 2.33. The van der Waals surface area contributed by atoms with Crippen molar-refractivity contribution in [3.63, 3.8) is 0 Å². The zero-order valence-corrected chi connectivity index (χ0v) is 11.8. The zero-order valence-electron chi connectivity index (χ0n) is 10.2. The molecule has 2 N–H and O–H groups in total. The third kappa shape index (κ3) is 3.47. The van der Waals surface area contributed by atoms with Gasteiger partial charge in [-0.25, -0.2) is 0 Å². The highest BCUT2D eigenvalue weighted by atomic mass is 79.9. The molecule has 0 aliphatic heterocycles. The number of benzene rings is 1. The van der Waals surface area contributed by atoms with Crippen LogP contribution in [0.1, 0.15) is 29.6 Å². The van der Waals surface area contributed by atoms with Gasteiger partial charge in [-0.1, -0.05) is 15.9 Å². The Labute approximate surface area is 119 Å². The molecule has 0 bridgehead atoms. The molecule has 1 aliphatic carbocycles. The summed E-state index contributed by atoms with van der Waals surface area (Å²) in [5.74, 6) is -1.34. The van der Waals surface area contributed by atoms with Crippen molar-refractivity contribution in [2.45, 2.75) is 25.3 Å². The van der Waals surface area contributed by atoms with Crippen molar-refractivity contribution in [1.82, 2.24) is 4.90 Å². The fraction of sp³-hybridized carbons (Fsp3) is 0.385. The average Bonchev–Trinajstić information content (AvgIpc) is 3.13. The predicted molar refractivity (Wildman–Crippen MR) is 72.1 cm³/mol. The summed E-state index contributed by atoms with van der Waals surface area (Å²) < 4.78 is 0.685. The van der Waals surface area contributed by atoms with Crippen LogP contribution in [0.5, 0.6) is 5.75 Å². The monoisotopic (exact) mass is 327 g/mol. The van der Waals surface area contributed by atoms with Crippen LogP contribution in [0.3, 0.4) is 0 Å². The number of nitrogens with zero attached hydrogens (tertiary/aromatic N) is 1. The Kier molecular flexibility index (Phi) is 4.09. The van der Waals surface area contributed by atoms with Gasteiger partial charge in [-0.3, -0.25) is 9.59 Å². The van der Waals surface area contributed by atoms with E-state index in [-0.39, 0.29) is 36.2 Å². The van der Waals surface area contributed by atoms with E-state index in [2.05, 4.69) is 15.9 Å². The maximum Gasteiger partial charge on any atom is 0.305 e. The van der Waals surface area contributed by atoms with Crippen LogP contribution >= 0.6 is 15.9 Å². The topological polar surface area (TPSA) is 77.8 Å². The number of phenols is 1. The molecule has 1 fully saturated rings. The van der Waals surface area contributed by atoms with Gasteiger partial charge >= 0.3 is 5.97 Å². The number of aliphatic carboxylic acids is 1. The third-order valence-corrected chi connectivity index (χ3v) is 3.50. The number of halogens is 1. The van der Waals surface area contributed by atoms with Crippen molar-refractivity contribution in [3.8, 4) is 5.75 Å². The summed E-state index contributed by atoms with van der Waals surface area (Å²) in [7, 11) is 0. The second-order valence-corrected chi connectivity index (χ2v) is 5.45. The largest absolute Gasteiger partial charge is 0.507 e. The Balaban J connectivity index is 2.16. The van der Waals surface area contributed by atoms with Crippen LogP contribution in [0.2, 0.25) is 0 Å². The molecule has 0 unspecified atom stereocenters. The molecule has 5 nitrogen and oxygen atoms in total. The van der Waals surface area contributed by atoms with Crippen molar-refractivity contribution < 1.29 is 19.8 Å². The second kappa shape index (κ2) is 5.61. The Morgan fingerprint density at radius 2 is 2.05 bits per heavy atom. The molecule has 1 aliphatic rings. The van der Waals surface area contributed by atoms with Crippen molar-refractivity contribution in [2.75, 3.05) is 6.54 Å². The summed E-state index contributed by atoms with van der Waals surface area (Å²) in [5, 5.41) is 18.5. The summed E-state index contributed by atoms with van der Waals surface area (Å²) in [6, 6.07) is 4.78. The lowest BCUT2D eigenvalue weighted by Gasteiger charge is -2.22. The average molecular weight is 328 g/mol. The number of phenolic OH excluding ortho intramolecular Hbond substituents is 1. The van der Waals surface area contributed by atoms with Crippen LogP contribution in [0.25, 0.3) is 0 Å². The van der Waals surface area contributed by atoms with E-state index in [1.54, 1.807) is 6.07 Å². The van der Waals surface area contributed by atoms with Crippen molar-refractivity contribution in [1.29, 1.82) is 0 Å². The van der Waals surface area contributed by atoms with Gasteiger partial charge in [0.15, 0.2) is 0 Å². The van der Waals surface area contributed by atoms with Crippen LogP contribution in [0, 0.1) is 0 Å². The number of hydrogen-bond donors (Lipinski definition) is 2. The van der Waals surface area contributed by atoms with Gasteiger partial charge < -0.3 is 15.1 Å². The first-order chi connectivity index (χ1) is 8.99. The number of carbonyl (C=O) groups is 2. The van der Waals surface area contributed by atoms with Crippen LogP contribution in [0.15, 0.2) is 22.7 Å². The molecule has 2 rings (SSSR count). The molecule has 102 valence electrons. The smallest absolute Gasteiger partial charge is 0.305 e. The first-order valence-corrected chi connectivity index (χ1v) is 6.79. The minimum Gasteiger partial charge on any atom is -0.507 e. The van der Waals surface area contributed by atoms with Gasteiger partial charge in [0.25, 0.3) is 5.91 Å². The van der Waals surface area contributed by atoms with Gasteiger partial charge in [0.05, 0.1) is 12.0 Å². The lowest BCUT2D eigenvalue weighted by Crippen LogP contribution is -2.35. The molecular weight excluding hydrogens is 314 g/mol. The van der Waals surface area contributed by atoms with Gasteiger partial charge in [-0.2, -0.15) is 0 Å². The predicted octanol–water partition coefficient (Wildman–Crippen LogP) is 2.23. The third-order valence-electron chi connectivity index (χ3n) is 3.01. The van der Waals surface area contributed by atoms with Gasteiger partial charge in [0.2, 0.25) is 0 Å². The lowest BCUT2D eigenvalue weighted by molar-refractivity contribution is -0.137. The molecule has 0 aromatic heterocycles. The van der Waals surface area contributed by atoms with Crippen LogP contribution in [0.4, 0.5) is 0 Å². The van der Waals surface area contributed by atoms with Crippen molar-refractivity contribution in [2.24, 2.45) is 0 Å². The van der Waals surface area contributed by atoms with Crippen LogP contribution in [-0.2, 0) is 4.79 Å². The minimum absolute atomic E-state index is 0.0838. The molecule has 0 atom stereocenters. The lowest BCUT2D eigenvalue weighted by atomic mass is 10.1. The van der Waals surface area contributed by atoms with Gasteiger partial charge in [0.1, 0.15) is 5.75 Å². The zero-order chi connectivity index (χ0) is 14.0. The first-order valence-electron chi connectivity index (χ1n) is 6.00. The van der Waals surface area contributed by atoms with E-state index >= 15 is 0 Å². The highest BCUT2D eigenvalue weighted by molar-refractivity contribution is 9.10. The number of carbonyl (C=O) groups excluding carboxylic acids is 1. The second-order valence-electron chi connectivity index (χ2n) is 4.53. The number of carboxylic acids is 1. The van der Waals surface area contributed by atoms with E-state index < -0.39 is 5.97 Å². The summed E-state index contributed by atoms with van der Waals surface area (Å²) >= 11 is 3.21. The number of carboxylic acid groups (broad SMARTS) is 1. The van der Waals surface area contributed by atoms with E-state index in [1.165, 1.54) is 17.0 Å². The molecule has 0 heterocycles. The minimum atomic E-state index is -0.932. The molecule has 0 saturated heterocycles. The fourth-order valence-corrected chi connectivity index (χ4v) is 2.24. The Morgan fingerprint density at radius 3 is 2.58 bits per heavy atom.